The molecule has 0 aliphatic carbocycles. The van der Waals surface area contributed by atoms with Crippen LogP contribution in [0.3, 0.4) is 0 Å². The van der Waals surface area contributed by atoms with E-state index in [9.17, 15) is 23.7 Å². The van der Waals surface area contributed by atoms with E-state index in [0.29, 0.717) is 12.1 Å². The molecule has 0 aliphatic rings. The number of nitro benzene ring substituents is 1. The van der Waals surface area contributed by atoms with Gasteiger partial charge in [-0.25, -0.2) is 8.78 Å². The molecule has 0 heterocycles. The molecule has 16 heavy (non-hydrogen) atoms. The first-order valence-corrected chi connectivity index (χ1v) is 4.15. The quantitative estimate of drug-likeness (QED) is 0.492. The Morgan fingerprint density at radius 2 is 2.06 bits per heavy atom. The van der Waals surface area contributed by atoms with Crippen LogP contribution in [0.25, 0.3) is 0 Å². The molecule has 1 N–H and O–H groups in total. The fourth-order valence-electron chi connectivity index (χ4n) is 1.22. The number of carbonyl (C=O) groups excluding carboxylic acids is 1. The van der Waals surface area contributed by atoms with E-state index >= 15 is 0 Å². The molecule has 0 aliphatic heterocycles. The third-order valence-corrected chi connectivity index (χ3v) is 1.96. The monoisotopic (exact) mass is 231 g/mol. The van der Waals surface area contributed by atoms with Crippen LogP contribution in [-0.2, 0) is 0 Å². The maximum absolute atomic E-state index is 12.5. The van der Waals surface area contributed by atoms with Crippen molar-refractivity contribution in [2.24, 2.45) is 0 Å². The van der Waals surface area contributed by atoms with Gasteiger partial charge in [-0.2, -0.15) is 0 Å². The number of alkyl halides is 2. The van der Waals surface area contributed by atoms with E-state index in [4.69, 9.17) is 5.11 Å². The van der Waals surface area contributed by atoms with Gasteiger partial charge in [-0.1, -0.05) is 0 Å². The SMILES string of the molecule is CC(=O)c1cc([N+](=O)[O-])c(O)cc1C(F)F. The Balaban J connectivity index is 3.49. The number of halogens is 2. The van der Waals surface area contributed by atoms with Crippen LogP contribution in [0, 0.1) is 10.1 Å². The molecule has 0 spiro atoms. The van der Waals surface area contributed by atoms with Gasteiger partial charge in [-0.05, 0) is 13.0 Å². The standard InChI is InChI=1S/C9H7F2NO4/c1-4(13)5-2-7(12(15)16)8(14)3-6(5)9(10)11/h2-3,9,14H,1H3. The van der Waals surface area contributed by atoms with Crippen LogP contribution >= 0.6 is 0 Å². The first-order chi connectivity index (χ1) is 7.34. The molecule has 1 rings (SSSR count). The van der Waals surface area contributed by atoms with Gasteiger partial charge in [0.2, 0.25) is 0 Å². The Hall–Kier alpha value is -2.05. The third kappa shape index (κ3) is 2.13. The number of nitro groups is 1. The van der Waals surface area contributed by atoms with Crippen LogP contribution in [0.15, 0.2) is 12.1 Å². The minimum Gasteiger partial charge on any atom is -0.502 e. The fraction of sp³-hybridized carbons (Fsp3) is 0.222. The summed E-state index contributed by atoms with van der Waals surface area (Å²) in [6.45, 7) is 1.02. The number of carbonyl (C=O) groups is 1. The largest absolute Gasteiger partial charge is 0.502 e. The summed E-state index contributed by atoms with van der Waals surface area (Å²) in [5.41, 5.74) is -1.94. The molecule has 0 fully saturated rings. The number of aromatic hydroxyl groups is 1. The average Bonchev–Trinajstić information content (AvgIpc) is 2.15. The smallest absolute Gasteiger partial charge is 0.311 e. The number of hydrogen-bond acceptors (Lipinski definition) is 4. The van der Waals surface area contributed by atoms with E-state index in [1.165, 1.54) is 0 Å². The molecule has 0 bridgehead atoms. The molecule has 0 aromatic heterocycles. The van der Waals surface area contributed by atoms with Crippen molar-refractivity contribution < 1.29 is 23.6 Å². The first-order valence-electron chi connectivity index (χ1n) is 4.15. The lowest BCUT2D eigenvalue weighted by Gasteiger charge is -2.06. The average molecular weight is 231 g/mol. The van der Waals surface area contributed by atoms with Gasteiger partial charge in [0.05, 0.1) is 4.92 Å². The van der Waals surface area contributed by atoms with Crippen molar-refractivity contribution in [3.63, 3.8) is 0 Å². The number of benzene rings is 1. The number of ketones is 1. The number of Topliss-reactive ketones (excluding diaryl/α,β-unsaturated/α-hetero) is 1. The van der Waals surface area contributed by atoms with E-state index in [1.807, 2.05) is 0 Å². The summed E-state index contributed by atoms with van der Waals surface area (Å²) >= 11 is 0. The summed E-state index contributed by atoms with van der Waals surface area (Å²) in [7, 11) is 0. The zero-order valence-electron chi connectivity index (χ0n) is 8.11. The number of nitrogens with zero attached hydrogens (tertiary/aromatic N) is 1. The lowest BCUT2D eigenvalue weighted by molar-refractivity contribution is -0.385. The molecule has 0 saturated heterocycles. The Bertz CT molecular complexity index is 459. The van der Waals surface area contributed by atoms with E-state index in [-0.39, 0.29) is 0 Å². The van der Waals surface area contributed by atoms with Gasteiger partial charge in [-0.15, -0.1) is 0 Å². The zero-order chi connectivity index (χ0) is 12.5. The van der Waals surface area contributed by atoms with Crippen molar-refractivity contribution in [3.8, 4) is 5.75 Å². The van der Waals surface area contributed by atoms with Crippen LogP contribution in [0.4, 0.5) is 14.5 Å². The van der Waals surface area contributed by atoms with Gasteiger partial charge in [0.1, 0.15) is 0 Å². The Kier molecular flexibility index (Phi) is 3.17. The molecule has 0 radical (unpaired) electrons. The molecule has 7 heteroatoms. The summed E-state index contributed by atoms with van der Waals surface area (Å²) in [5.74, 6) is -1.61. The fourth-order valence-corrected chi connectivity index (χ4v) is 1.22. The van der Waals surface area contributed by atoms with E-state index in [1.54, 1.807) is 0 Å². The Morgan fingerprint density at radius 1 is 1.50 bits per heavy atom. The highest BCUT2D eigenvalue weighted by Gasteiger charge is 2.23. The highest BCUT2D eigenvalue weighted by Crippen LogP contribution is 2.34. The van der Waals surface area contributed by atoms with Crippen molar-refractivity contribution in [2.45, 2.75) is 13.3 Å². The van der Waals surface area contributed by atoms with Crippen LogP contribution in [0.5, 0.6) is 5.75 Å². The van der Waals surface area contributed by atoms with E-state index in [0.717, 1.165) is 6.92 Å². The minimum atomic E-state index is -2.98. The van der Waals surface area contributed by atoms with Crippen molar-refractivity contribution in [2.75, 3.05) is 0 Å². The topological polar surface area (TPSA) is 80.4 Å². The van der Waals surface area contributed by atoms with Crippen LogP contribution < -0.4 is 0 Å². The van der Waals surface area contributed by atoms with E-state index in [2.05, 4.69) is 0 Å². The highest BCUT2D eigenvalue weighted by molar-refractivity contribution is 5.96. The molecule has 0 saturated carbocycles. The van der Waals surface area contributed by atoms with Gasteiger partial charge in [-0.3, -0.25) is 14.9 Å². The maximum Gasteiger partial charge on any atom is 0.311 e. The van der Waals surface area contributed by atoms with Crippen LogP contribution in [0.1, 0.15) is 29.3 Å². The maximum atomic E-state index is 12.5. The van der Waals surface area contributed by atoms with Crippen LogP contribution in [0.2, 0.25) is 0 Å². The van der Waals surface area contributed by atoms with Gasteiger partial charge in [0.25, 0.3) is 6.43 Å². The van der Waals surface area contributed by atoms with Crippen molar-refractivity contribution in [1.29, 1.82) is 0 Å². The van der Waals surface area contributed by atoms with Gasteiger partial charge in [0, 0.05) is 17.2 Å². The van der Waals surface area contributed by atoms with Crippen molar-refractivity contribution >= 4 is 11.5 Å². The normalized spacial score (nSPS) is 10.5. The van der Waals surface area contributed by atoms with Crippen molar-refractivity contribution in [3.05, 3.63) is 33.4 Å². The molecule has 0 atom stereocenters. The van der Waals surface area contributed by atoms with E-state index < -0.39 is 39.7 Å². The molecule has 86 valence electrons. The van der Waals surface area contributed by atoms with Gasteiger partial charge < -0.3 is 5.11 Å². The summed E-state index contributed by atoms with van der Waals surface area (Å²) < 4.78 is 24.9. The van der Waals surface area contributed by atoms with Crippen molar-refractivity contribution in [1.82, 2.24) is 0 Å². The molecule has 0 amide bonds. The van der Waals surface area contributed by atoms with Gasteiger partial charge in [0.15, 0.2) is 11.5 Å². The number of hydrogen-bond donors (Lipinski definition) is 1. The second-order valence-corrected chi connectivity index (χ2v) is 3.04. The second kappa shape index (κ2) is 4.21. The van der Waals surface area contributed by atoms with Gasteiger partial charge >= 0.3 is 5.69 Å². The number of phenolic OH excluding ortho intramolecular Hbond substituents is 1. The lowest BCUT2D eigenvalue weighted by Crippen LogP contribution is -2.02. The zero-order valence-corrected chi connectivity index (χ0v) is 8.11. The summed E-state index contributed by atoms with van der Waals surface area (Å²) in [6, 6.07) is 1.19. The number of phenols is 1. The minimum absolute atomic E-state index is 0.459. The lowest BCUT2D eigenvalue weighted by atomic mass is 10.0. The highest BCUT2D eigenvalue weighted by atomic mass is 19.3. The third-order valence-electron chi connectivity index (χ3n) is 1.96. The Labute approximate surface area is 88.5 Å². The molecule has 0 unspecified atom stereocenters. The summed E-state index contributed by atoms with van der Waals surface area (Å²) in [4.78, 5) is 20.5. The molecule has 1 aromatic rings. The summed E-state index contributed by atoms with van der Waals surface area (Å²) in [6.07, 6.45) is -2.98. The first kappa shape index (κ1) is 12.0. The molecular weight excluding hydrogens is 224 g/mol. The second-order valence-electron chi connectivity index (χ2n) is 3.04. The molecule has 1 aromatic carbocycles. The summed E-state index contributed by atoms with van der Waals surface area (Å²) in [5, 5.41) is 19.6. The molecular formula is C9H7F2NO4. The van der Waals surface area contributed by atoms with Crippen LogP contribution in [-0.4, -0.2) is 15.8 Å². The Morgan fingerprint density at radius 3 is 2.44 bits per heavy atom. The molecule has 5 nitrogen and oxygen atoms in total. The predicted molar refractivity (Wildman–Crippen MR) is 49.7 cm³/mol. The number of rotatable bonds is 3. The predicted octanol–water partition coefficient (Wildman–Crippen LogP) is 2.44.